The van der Waals surface area contributed by atoms with Crippen LogP contribution in [0.4, 0.5) is 5.82 Å². The number of tetrazole rings is 1. The first-order valence-electron chi connectivity index (χ1n) is 9.81. The van der Waals surface area contributed by atoms with Crippen LogP contribution in [0.2, 0.25) is 0 Å². The van der Waals surface area contributed by atoms with Gasteiger partial charge in [-0.25, -0.2) is 9.97 Å². The van der Waals surface area contributed by atoms with E-state index in [9.17, 15) is 0 Å². The number of H-pyrrole nitrogens is 1. The minimum atomic E-state index is 0.565. The van der Waals surface area contributed by atoms with Crippen molar-refractivity contribution in [3.05, 3.63) is 71.9 Å². The number of hydrogen-bond acceptors (Lipinski definition) is 6. The summed E-state index contributed by atoms with van der Waals surface area (Å²) in [5.41, 5.74) is 5.97. The Morgan fingerprint density at radius 1 is 1.13 bits per heavy atom. The first-order valence-corrected chi connectivity index (χ1v) is 9.81. The third kappa shape index (κ3) is 3.20. The van der Waals surface area contributed by atoms with Crippen LogP contribution < -0.4 is 5.32 Å². The second-order valence-corrected chi connectivity index (χ2v) is 7.03. The highest BCUT2D eigenvalue weighted by molar-refractivity contribution is 5.55. The number of rotatable bonds is 6. The summed E-state index contributed by atoms with van der Waals surface area (Å²) in [4.78, 5) is 9.08. The Balaban J connectivity index is 1.37. The molecule has 0 bridgehead atoms. The molecule has 0 saturated heterocycles. The molecule has 0 aliphatic carbocycles. The molecule has 30 heavy (non-hydrogen) atoms. The Hall–Kier alpha value is -4.01. The lowest BCUT2D eigenvalue weighted by Crippen LogP contribution is -2.06. The van der Waals surface area contributed by atoms with Gasteiger partial charge in [-0.1, -0.05) is 19.1 Å². The molecule has 9 nitrogen and oxygen atoms in total. The second kappa shape index (κ2) is 7.43. The topological polar surface area (TPSA) is 102 Å². The normalized spacial score (nSPS) is 11.3. The molecule has 0 fully saturated rings. The van der Waals surface area contributed by atoms with Gasteiger partial charge < -0.3 is 9.88 Å². The third-order valence-electron chi connectivity index (χ3n) is 5.10. The van der Waals surface area contributed by atoms with E-state index >= 15 is 0 Å². The molecule has 0 amide bonds. The van der Waals surface area contributed by atoms with Crippen LogP contribution >= 0.6 is 0 Å². The molecule has 150 valence electrons. The highest BCUT2D eigenvalue weighted by Gasteiger charge is 2.11. The number of benzene rings is 1. The molecule has 2 N–H and O–H groups in total. The van der Waals surface area contributed by atoms with Gasteiger partial charge in [-0.15, -0.1) is 10.2 Å². The van der Waals surface area contributed by atoms with Crippen molar-refractivity contribution in [1.29, 1.82) is 0 Å². The molecular formula is C21H21N9. The van der Waals surface area contributed by atoms with Crippen LogP contribution in [-0.2, 0) is 13.0 Å². The van der Waals surface area contributed by atoms with E-state index in [-0.39, 0.29) is 0 Å². The summed E-state index contributed by atoms with van der Waals surface area (Å²) in [6, 6.07) is 14.4. The lowest BCUT2D eigenvalue weighted by atomic mass is 10.2. The molecule has 0 unspecified atom stereocenters. The molecule has 0 spiro atoms. The molecule has 0 aliphatic heterocycles. The van der Waals surface area contributed by atoms with Crippen LogP contribution in [0.5, 0.6) is 0 Å². The van der Waals surface area contributed by atoms with Gasteiger partial charge in [0.05, 0.1) is 11.4 Å². The number of imidazole rings is 1. The van der Waals surface area contributed by atoms with Gasteiger partial charge in [0, 0.05) is 30.2 Å². The molecule has 0 saturated carbocycles. The molecule has 1 aromatic carbocycles. The minimum Gasteiger partial charge on any atom is -0.367 e. The van der Waals surface area contributed by atoms with Crippen molar-refractivity contribution in [1.82, 2.24) is 39.6 Å². The summed E-state index contributed by atoms with van der Waals surface area (Å²) in [6.07, 6.45) is 4.68. The van der Waals surface area contributed by atoms with Gasteiger partial charge in [-0.05, 0) is 48.4 Å². The van der Waals surface area contributed by atoms with Crippen molar-refractivity contribution in [3.63, 3.8) is 0 Å². The molecule has 0 aliphatic rings. The van der Waals surface area contributed by atoms with Crippen molar-refractivity contribution < 1.29 is 0 Å². The number of anilines is 1. The second-order valence-electron chi connectivity index (χ2n) is 7.03. The Morgan fingerprint density at radius 3 is 2.77 bits per heavy atom. The van der Waals surface area contributed by atoms with Crippen molar-refractivity contribution in [2.45, 2.75) is 26.8 Å². The van der Waals surface area contributed by atoms with Crippen LogP contribution in [-0.4, -0.2) is 39.6 Å². The number of fused-ring (bicyclic) bond motifs is 1. The largest absolute Gasteiger partial charge is 0.367 e. The number of aromatic nitrogens is 8. The number of hydrogen-bond donors (Lipinski definition) is 2. The SMILES string of the molecule is CCc1cc(NCc2ccc(-n3cccc3-c3nn[nH]n3)cc2)n2cnc(C)c2n1. The summed E-state index contributed by atoms with van der Waals surface area (Å²) in [7, 11) is 0. The quantitative estimate of drug-likeness (QED) is 0.455. The maximum Gasteiger partial charge on any atom is 0.221 e. The lowest BCUT2D eigenvalue weighted by Gasteiger charge is -2.12. The van der Waals surface area contributed by atoms with Gasteiger partial charge in [0.1, 0.15) is 12.1 Å². The van der Waals surface area contributed by atoms with Gasteiger partial charge in [-0.3, -0.25) is 4.40 Å². The average Bonchev–Trinajstić information content (AvgIpc) is 3.53. The van der Waals surface area contributed by atoms with E-state index in [4.69, 9.17) is 0 Å². The Morgan fingerprint density at radius 2 is 2.00 bits per heavy atom. The van der Waals surface area contributed by atoms with E-state index in [2.05, 4.69) is 73.2 Å². The molecular weight excluding hydrogens is 378 g/mol. The fraction of sp³-hybridized carbons (Fsp3) is 0.190. The zero-order chi connectivity index (χ0) is 20.5. The van der Waals surface area contributed by atoms with Crippen molar-refractivity contribution in [2.75, 3.05) is 5.32 Å². The van der Waals surface area contributed by atoms with E-state index < -0.39 is 0 Å². The third-order valence-corrected chi connectivity index (χ3v) is 5.10. The summed E-state index contributed by atoms with van der Waals surface area (Å²) >= 11 is 0. The lowest BCUT2D eigenvalue weighted by molar-refractivity contribution is 0.881. The van der Waals surface area contributed by atoms with Crippen molar-refractivity contribution in [3.8, 4) is 17.2 Å². The Kier molecular flexibility index (Phi) is 4.47. The average molecular weight is 399 g/mol. The van der Waals surface area contributed by atoms with Crippen LogP contribution in [0.25, 0.3) is 22.9 Å². The van der Waals surface area contributed by atoms with Gasteiger partial charge in [0.2, 0.25) is 5.82 Å². The molecule has 5 aromatic rings. The van der Waals surface area contributed by atoms with Crippen LogP contribution in [0.15, 0.2) is 55.0 Å². The predicted molar refractivity (Wildman–Crippen MR) is 113 cm³/mol. The first-order chi connectivity index (χ1) is 14.7. The zero-order valence-electron chi connectivity index (χ0n) is 16.7. The van der Waals surface area contributed by atoms with Crippen molar-refractivity contribution in [2.24, 2.45) is 0 Å². The van der Waals surface area contributed by atoms with Crippen molar-refractivity contribution >= 4 is 11.5 Å². The van der Waals surface area contributed by atoms with Gasteiger partial charge in [-0.2, -0.15) is 5.21 Å². The standard InChI is InChI=1S/C21H21N9/c1-3-16-11-19(30-13-23-14(2)21(30)24-16)22-12-15-6-8-17(9-7-15)29-10-4-5-18(29)20-25-27-28-26-20/h4-11,13,22H,3,12H2,1-2H3,(H,25,26,27,28). The molecule has 0 atom stereocenters. The van der Waals surface area contributed by atoms with Gasteiger partial charge >= 0.3 is 0 Å². The summed E-state index contributed by atoms with van der Waals surface area (Å²) in [6.45, 7) is 4.79. The van der Waals surface area contributed by atoms with E-state index in [0.717, 1.165) is 40.7 Å². The van der Waals surface area contributed by atoms with E-state index in [0.29, 0.717) is 12.4 Å². The molecule has 4 aromatic heterocycles. The van der Waals surface area contributed by atoms with E-state index in [1.165, 1.54) is 5.56 Å². The Labute approximate surface area is 172 Å². The Bertz CT molecular complexity index is 1280. The summed E-state index contributed by atoms with van der Waals surface area (Å²) in [5.74, 6) is 1.56. The number of aromatic amines is 1. The fourth-order valence-electron chi connectivity index (χ4n) is 3.48. The number of aryl methyl sites for hydroxylation is 2. The monoisotopic (exact) mass is 399 g/mol. The predicted octanol–water partition coefficient (Wildman–Crippen LogP) is 3.18. The van der Waals surface area contributed by atoms with Crippen LogP contribution in [0.1, 0.15) is 23.9 Å². The maximum absolute atomic E-state index is 4.68. The number of nitrogens with zero attached hydrogens (tertiary/aromatic N) is 7. The molecule has 9 heteroatoms. The first kappa shape index (κ1) is 18.0. The minimum absolute atomic E-state index is 0.565. The van der Waals surface area contributed by atoms with Crippen LogP contribution in [0, 0.1) is 6.92 Å². The maximum atomic E-state index is 4.68. The fourth-order valence-corrected chi connectivity index (χ4v) is 3.48. The highest BCUT2D eigenvalue weighted by Crippen LogP contribution is 2.21. The number of nitrogens with one attached hydrogen (secondary N) is 2. The highest BCUT2D eigenvalue weighted by atomic mass is 15.5. The van der Waals surface area contributed by atoms with Gasteiger partial charge in [0.25, 0.3) is 0 Å². The van der Waals surface area contributed by atoms with E-state index in [1.807, 2.05) is 40.5 Å². The van der Waals surface area contributed by atoms with Crippen LogP contribution in [0.3, 0.4) is 0 Å². The smallest absolute Gasteiger partial charge is 0.221 e. The summed E-state index contributed by atoms with van der Waals surface area (Å²) in [5, 5.41) is 17.8. The molecule has 0 radical (unpaired) electrons. The summed E-state index contributed by atoms with van der Waals surface area (Å²) < 4.78 is 4.04. The van der Waals surface area contributed by atoms with E-state index in [1.54, 1.807) is 0 Å². The van der Waals surface area contributed by atoms with Gasteiger partial charge in [0.15, 0.2) is 5.65 Å². The molecule has 5 rings (SSSR count). The molecule has 4 heterocycles. The zero-order valence-corrected chi connectivity index (χ0v) is 16.7.